The molecule has 0 bridgehead atoms. The lowest BCUT2D eigenvalue weighted by atomic mass is 9.95. The van der Waals surface area contributed by atoms with E-state index >= 15 is 0 Å². The Morgan fingerprint density at radius 1 is 0.862 bits per heavy atom. The van der Waals surface area contributed by atoms with Gasteiger partial charge >= 0.3 is 0 Å². The standard InChI is InChI=1S/C25H21NO3/c1-17-12-14-20(15-13-17)23(27)21-22(19-10-6-3-7-11-19)26(25(29)24(21)28)16-18-8-4-2-5-9-18/h2-15,22,27H,16H2,1H3/b23-21+/t22-/m0/s1. The highest BCUT2D eigenvalue weighted by atomic mass is 16.3. The van der Waals surface area contributed by atoms with Gasteiger partial charge in [-0.3, -0.25) is 9.59 Å². The number of Topliss-reactive ketones (excluding diaryl/α,β-unsaturated/α-hetero) is 1. The summed E-state index contributed by atoms with van der Waals surface area (Å²) in [4.78, 5) is 27.4. The Balaban J connectivity index is 1.85. The average molecular weight is 383 g/mol. The highest BCUT2D eigenvalue weighted by Crippen LogP contribution is 2.40. The molecule has 0 radical (unpaired) electrons. The van der Waals surface area contributed by atoms with E-state index < -0.39 is 17.7 Å². The van der Waals surface area contributed by atoms with E-state index in [4.69, 9.17) is 0 Å². The van der Waals surface area contributed by atoms with Crippen LogP contribution in [-0.4, -0.2) is 21.7 Å². The van der Waals surface area contributed by atoms with Crippen molar-refractivity contribution < 1.29 is 14.7 Å². The summed E-state index contributed by atoms with van der Waals surface area (Å²) in [6.45, 7) is 2.24. The molecule has 1 amide bonds. The largest absolute Gasteiger partial charge is 0.507 e. The molecule has 1 saturated heterocycles. The number of aliphatic hydroxyl groups excluding tert-OH is 1. The first-order valence-electron chi connectivity index (χ1n) is 9.50. The monoisotopic (exact) mass is 383 g/mol. The summed E-state index contributed by atoms with van der Waals surface area (Å²) in [5, 5.41) is 11.0. The van der Waals surface area contributed by atoms with Gasteiger partial charge in [0, 0.05) is 12.1 Å². The molecule has 0 aliphatic carbocycles. The predicted molar refractivity (Wildman–Crippen MR) is 112 cm³/mol. The third-order valence-electron chi connectivity index (χ3n) is 5.18. The van der Waals surface area contributed by atoms with Crippen LogP contribution in [0.3, 0.4) is 0 Å². The topological polar surface area (TPSA) is 57.6 Å². The van der Waals surface area contributed by atoms with Gasteiger partial charge < -0.3 is 10.0 Å². The van der Waals surface area contributed by atoms with Crippen molar-refractivity contribution in [2.24, 2.45) is 0 Å². The average Bonchev–Trinajstić information content (AvgIpc) is 3.00. The number of rotatable bonds is 4. The van der Waals surface area contributed by atoms with E-state index in [9.17, 15) is 14.7 Å². The van der Waals surface area contributed by atoms with Crippen LogP contribution in [0, 0.1) is 6.92 Å². The first-order valence-corrected chi connectivity index (χ1v) is 9.50. The third-order valence-corrected chi connectivity index (χ3v) is 5.18. The summed E-state index contributed by atoms with van der Waals surface area (Å²) >= 11 is 0. The lowest BCUT2D eigenvalue weighted by molar-refractivity contribution is -0.140. The number of carbonyl (C=O) groups excluding carboxylic acids is 2. The Morgan fingerprint density at radius 2 is 1.45 bits per heavy atom. The number of ketones is 1. The Hall–Kier alpha value is -3.66. The highest BCUT2D eigenvalue weighted by molar-refractivity contribution is 6.46. The van der Waals surface area contributed by atoms with E-state index in [1.807, 2.05) is 79.7 Å². The fourth-order valence-electron chi connectivity index (χ4n) is 3.67. The maximum atomic E-state index is 13.0. The second-order valence-electron chi connectivity index (χ2n) is 7.19. The number of carbonyl (C=O) groups is 2. The first-order chi connectivity index (χ1) is 14.1. The van der Waals surface area contributed by atoms with Crippen LogP contribution in [0.4, 0.5) is 0 Å². The predicted octanol–water partition coefficient (Wildman–Crippen LogP) is 4.62. The number of benzene rings is 3. The number of hydrogen-bond acceptors (Lipinski definition) is 3. The minimum Gasteiger partial charge on any atom is -0.507 e. The first kappa shape index (κ1) is 18.7. The molecule has 1 aliphatic heterocycles. The van der Waals surface area contributed by atoms with Crippen molar-refractivity contribution in [2.45, 2.75) is 19.5 Å². The van der Waals surface area contributed by atoms with Gasteiger partial charge in [0.05, 0.1) is 11.6 Å². The molecule has 4 heteroatoms. The number of amides is 1. The maximum absolute atomic E-state index is 13.0. The van der Waals surface area contributed by atoms with Crippen LogP contribution in [0.25, 0.3) is 5.76 Å². The Morgan fingerprint density at radius 3 is 2.07 bits per heavy atom. The van der Waals surface area contributed by atoms with Gasteiger partial charge in [-0.25, -0.2) is 0 Å². The molecule has 1 aliphatic rings. The van der Waals surface area contributed by atoms with Crippen molar-refractivity contribution in [1.82, 2.24) is 4.90 Å². The Kier molecular flexibility index (Phi) is 5.00. The van der Waals surface area contributed by atoms with Gasteiger partial charge in [-0.2, -0.15) is 0 Å². The SMILES string of the molecule is Cc1ccc(/C(O)=C2\C(=O)C(=O)N(Cc3ccccc3)[C@H]2c2ccccc2)cc1. The number of aryl methyl sites for hydroxylation is 1. The van der Waals surface area contributed by atoms with E-state index in [2.05, 4.69) is 0 Å². The fourth-order valence-corrected chi connectivity index (χ4v) is 3.67. The lowest BCUT2D eigenvalue weighted by Crippen LogP contribution is -2.29. The van der Waals surface area contributed by atoms with Crippen molar-refractivity contribution in [3.05, 3.63) is 113 Å². The number of nitrogens with zero attached hydrogens (tertiary/aromatic N) is 1. The molecule has 1 N–H and O–H groups in total. The van der Waals surface area contributed by atoms with E-state index in [1.54, 1.807) is 12.1 Å². The van der Waals surface area contributed by atoms with E-state index in [0.29, 0.717) is 5.56 Å². The van der Waals surface area contributed by atoms with Crippen LogP contribution < -0.4 is 0 Å². The molecule has 144 valence electrons. The van der Waals surface area contributed by atoms with Gasteiger partial charge in [0.15, 0.2) is 0 Å². The van der Waals surface area contributed by atoms with E-state index in [-0.39, 0.29) is 17.9 Å². The Labute approximate surface area is 169 Å². The second-order valence-corrected chi connectivity index (χ2v) is 7.19. The molecule has 29 heavy (non-hydrogen) atoms. The highest BCUT2D eigenvalue weighted by Gasteiger charge is 2.45. The molecule has 1 heterocycles. The second kappa shape index (κ2) is 7.76. The fraction of sp³-hybridized carbons (Fsp3) is 0.120. The molecule has 3 aromatic carbocycles. The van der Waals surface area contributed by atoms with Crippen molar-refractivity contribution in [1.29, 1.82) is 0 Å². The van der Waals surface area contributed by atoms with E-state index in [0.717, 1.165) is 16.7 Å². The molecule has 0 aromatic heterocycles. The smallest absolute Gasteiger partial charge is 0.295 e. The molecule has 0 saturated carbocycles. The summed E-state index contributed by atoms with van der Waals surface area (Å²) in [7, 11) is 0. The molecule has 0 unspecified atom stereocenters. The minimum absolute atomic E-state index is 0.126. The van der Waals surface area contributed by atoms with Gasteiger partial charge in [-0.05, 0) is 18.1 Å². The molecule has 1 atom stereocenters. The van der Waals surface area contributed by atoms with Crippen LogP contribution in [0.2, 0.25) is 0 Å². The van der Waals surface area contributed by atoms with Crippen molar-refractivity contribution in [3.63, 3.8) is 0 Å². The normalized spacial score (nSPS) is 18.2. The number of hydrogen-bond donors (Lipinski definition) is 1. The molecular weight excluding hydrogens is 362 g/mol. The van der Waals surface area contributed by atoms with Gasteiger partial charge in [-0.15, -0.1) is 0 Å². The Bertz CT molecular complexity index is 1070. The molecule has 4 nitrogen and oxygen atoms in total. The zero-order valence-electron chi connectivity index (χ0n) is 16.1. The molecule has 4 rings (SSSR count). The van der Waals surface area contributed by atoms with Crippen molar-refractivity contribution in [3.8, 4) is 0 Å². The maximum Gasteiger partial charge on any atom is 0.295 e. The molecule has 3 aromatic rings. The van der Waals surface area contributed by atoms with Gasteiger partial charge in [0.25, 0.3) is 11.7 Å². The van der Waals surface area contributed by atoms with Crippen LogP contribution in [0.1, 0.15) is 28.3 Å². The van der Waals surface area contributed by atoms with Crippen LogP contribution in [0.15, 0.2) is 90.5 Å². The summed E-state index contributed by atoms with van der Waals surface area (Å²) in [6, 6.07) is 25.5. The van der Waals surface area contributed by atoms with Gasteiger partial charge in [0.1, 0.15) is 5.76 Å². The zero-order chi connectivity index (χ0) is 20.4. The summed E-state index contributed by atoms with van der Waals surface area (Å²) < 4.78 is 0. The van der Waals surface area contributed by atoms with Crippen LogP contribution in [0.5, 0.6) is 0 Å². The summed E-state index contributed by atoms with van der Waals surface area (Å²) in [6.07, 6.45) is 0. The quantitative estimate of drug-likeness (QED) is 0.406. The van der Waals surface area contributed by atoms with Gasteiger partial charge in [0.2, 0.25) is 0 Å². The molecule has 1 fully saturated rings. The molecule has 0 spiro atoms. The summed E-state index contributed by atoms with van der Waals surface area (Å²) in [5.74, 6) is -1.41. The van der Waals surface area contributed by atoms with Crippen molar-refractivity contribution >= 4 is 17.4 Å². The van der Waals surface area contributed by atoms with Crippen molar-refractivity contribution in [2.75, 3.05) is 0 Å². The number of likely N-dealkylation sites (tertiary alicyclic amines) is 1. The lowest BCUT2D eigenvalue weighted by Gasteiger charge is -2.25. The van der Waals surface area contributed by atoms with Crippen LogP contribution >= 0.6 is 0 Å². The third kappa shape index (κ3) is 3.57. The summed E-state index contributed by atoms with van der Waals surface area (Å²) in [5.41, 5.74) is 3.41. The molecular formula is C25H21NO3. The van der Waals surface area contributed by atoms with Crippen LogP contribution in [-0.2, 0) is 16.1 Å². The number of aliphatic hydroxyl groups is 1. The zero-order valence-corrected chi connectivity index (χ0v) is 16.1. The van der Waals surface area contributed by atoms with E-state index in [1.165, 1.54) is 4.90 Å². The minimum atomic E-state index is -0.659. The van der Waals surface area contributed by atoms with Gasteiger partial charge in [-0.1, -0.05) is 90.5 Å².